The molecule has 1 fully saturated rings. The number of carbonyl (C=O) groups is 4. The maximum Gasteiger partial charge on any atom is 0.354 e. The van der Waals surface area contributed by atoms with Gasteiger partial charge in [-0.2, -0.15) is 25.5 Å². The lowest BCUT2D eigenvalue weighted by molar-refractivity contribution is 0.0675. The van der Waals surface area contributed by atoms with Gasteiger partial charge in [0.2, 0.25) is 15.3 Å². The second-order valence-corrected chi connectivity index (χ2v) is 32.1. The topological polar surface area (TPSA) is 396 Å². The van der Waals surface area contributed by atoms with Crippen molar-refractivity contribution in [1.82, 2.24) is 103 Å². The van der Waals surface area contributed by atoms with Crippen molar-refractivity contribution >= 4 is 141 Å². The van der Waals surface area contributed by atoms with E-state index >= 15 is 0 Å². The quantitative estimate of drug-likeness (QED) is 0.0631. The maximum atomic E-state index is 13.1. The molecule has 4 aliphatic rings. The fraction of sp³-hybridized carbons (Fsp3) is 0.394. The zero-order chi connectivity index (χ0) is 76.1. The highest BCUT2D eigenvalue weighted by Gasteiger charge is 2.32. The van der Waals surface area contributed by atoms with E-state index in [-0.39, 0.29) is 77.3 Å². The first-order chi connectivity index (χ1) is 50.5. The van der Waals surface area contributed by atoms with Gasteiger partial charge in [0, 0.05) is 106 Å². The first-order valence-corrected chi connectivity index (χ1v) is 38.6. The number of hydrogen-bond donors (Lipinski definition) is 5. The van der Waals surface area contributed by atoms with Gasteiger partial charge in [0.05, 0.1) is 72.9 Å². The first kappa shape index (κ1) is 84.0. The Hall–Kier alpha value is -8.03. The molecule has 0 radical (unpaired) electrons. The Labute approximate surface area is 668 Å². The number of carbonyl (C=O) groups excluding carboxylic acids is 2. The number of aliphatic hydroxyl groups excluding tert-OH is 1. The van der Waals surface area contributed by atoms with Crippen LogP contribution in [0.15, 0.2) is 67.7 Å². The van der Waals surface area contributed by atoms with Crippen LogP contribution in [0.4, 0.5) is 13.2 Å². The van der Waals surface area contributed by atoms with E-state index in [1.165, 1.54) is 71.5 Å². The van der Waals surface area contributed by atoms with Crippen LogP contribution in [0, 0.1) is 39.4 Å². The van der Waals surface area contributed by atoms with Crippen LogP contribution < -0.4 is 11.5 Å². The minimum atomic E-state index is -2.63. The Morgan fingerprint density at radius 3 is 1.61 bits per heavy atom. The van der Waals surface area contributed by atoms with E-state index in [0.717, 1.165) is 109 Å². The molecule has 14 heterocycles. The molecule has 11 aromatic heterocycles. The standard InChI is InChI=1S/C16H15BrF2N6OS.C12H13FN4.C12H13N3O2S.C10H10BrN3O2S.C10H11N3O2S.C6H9BrN4.2ClH/c1-24-13(9(6-20-24)15-21-10(7-27-15)14(18)19)11(26)4-8-2-3-25-12(5-8)22-16(17)23-25;13-9-3-1-2-8(6-9)12-15-11-7-10(14)4-5-17(11)16-12;1-6-10(7-3-4-7)18-11(14-6)8-5-13-15(2)9(8)12(16)17;1-5-9(11)17-10(13-5)6-3-12-14(2)8(6)7(16)4-15;1-5-8(12-6(2)16-5)7-4-11-13(3)9(7)10(14)15;7-6-9-5-3-4(8)1-2-11(5)10-6;;/h6-8,14H,2-5H2,1H3;1-3,6,10H,4-5,7,14H2;5,7H,3-4H2,1-2H3,(H,16,17);3,15H,4H2,1-2H3;4H,1-3H3,(H,14,15);4H,1-3,8H2;2*1H. The Kier molecular flexibility index (Phi) is 28.5. The van der Waals surface area contributed by atoms with Crippen molar-refractivity contribution in [2.45, 2.75) is 130 Å². The largest absolute Gasteiger partial charge is 0.477 e. The Bertz CT molecular complexity index is 5170. The number of nitrogens with zero attached hydrogens (tertiary/aromatic N) is 21. The summed E-state index contributed by atoms with van der Waals surface area (Å²) in [6.45, 7) is 9.58. The summed E-state index contributed by atoms with van der Waals surface area (Å²) in [5.74, 6) is 1.46. The number of aliphatic hydroxyl groups is 1. The monoisotopic (exact) mass is 1790 g/mol. The summed E-state index contributed by atoms with van der Waals surface area (Å²) in [5.41, 5.74) is 18.2. The highest BCUT2D eigenvalue weighted by molar-refractivity contribution is 9.11. The van der Waals surface area contributed by atoms with E-state index < -0.39 is 25.0 Å². The Morgan fingerprint density at radius 1 is 0.593 bits per heavy atom. The van der Waals surface area contributed by atoms with E-state index in [9.17, 15) is 37.5 Å². The van der Waals surface area contributed by atoms with Gasteiger partial charge in [-0.05, 0) is 132 Å². The maximum absolute atomic E-state index is 13.1. The number of rotatable bonds is 14. The number of carboxylic acids is 2. The molecule has 3 atom stereocenters. The molecular formula is C66H73Br3Cl2F3N23O7S4. The van der Waals surface area contributed by atoms with E-state index in [1.54, 1.807) is 75.5 Å². The van der Waals surface area contributed by atoms with Gasteiger partial charge >= 0.3 is 11.9 Å². The molecule has 0 saturated heterocycles. The second kappa shape index (κ2) is 36.7. The van der Waals surface area contributed by atoms with Crippen LogP contribution >= 0.6 is 118 Å². The Balaban J connectivity index is 0.000000152. The van der Waals surface area contributed by atoms with Gasteiger partial charge in [-0.25, -0.2) is 71.7 Å². The van der Waals surface area contributed by atoms with Crippen LogP contribution in [0.25, 0.3) is 54.4 Å². The molecule has 12 aromatic rings. The summed E-state index contributed by atoms with van der Waals surface area (Å²) in [7, 11) is 6.59. The number of nitrogens with two attached hydrogens (primary N) is 2. The van der Waals surface area contributed by atoms with Crippen LogP contribution in [-0.4, -0.2) is 161 Å². The molecule has 16 rings (SSSR count). The van der Waals surface area contributed by atoms with E-state index in [1.807, 2.05) is 47.8 Å². The lowest BCUT2D eigenvalue weighted by Crippen LogP contribution is -2.31. The number of aryl methyl sites for hydroxylation is 11. The third-order valence-electron chi connectivity index (χ3n) is 17.2. The molecule has 574 valence electrons. The van der Waals surface area contributed by atoms with Crippen molar-refractivity contribution in [3.05, 3.63) is 146 Å². The van der Waals surface area contributed by atoms with Crippen LogP contribution in [0.5, 0.6) is 0 Å². The molecule has 1 aromatic carbocycles. The average molecular weight is 1800 g/mol. The molecule has 3 unspecified atom stereocenters. The predicted octanol–water partition coefficient (Wildman–Crippen LogP) is 12.3. The van der Waals surface area contributed by atoms with Crippen molar-refractivity contribution in [2.24, 2.45) is 45.6 Å². The fourth-order valence-corrected chi connectivity index (χ4v) is 17.0. The van der Waals surface area contributed by atoms with Crippen molar-refractivity contribution < 1.29 is 47.7 Å². The number of halogens is 8. The summed E-state index contributed by atoms with van der Waals surface area (Å²) < 4.78 is 52.2. The molecular weight excluding hydrogens is 1720 g/mol. The van der Waals surface area contributed by atoms with Crippen LogP contribution in [0.1, 0.15) is 142 Å². The van der Waals surface area contributed by atoms with Crippen LogP contribution in [0.3, 0.4) is 0 Å². The average Bonchev–Trinajstić information content (AvgIpc) is 1.65. The summed E-state index contributed by atoms with van der Waals surface area (Å²) in [6.07, 6.45) is 11.4. The lowest BCUT2D eigenvalue weighted by Gasteiger charge is -2.21. The van der Waals surface area contributed by atoms with Gasteiger partial charge in [-0.3, -0.25) is 28.3 Å². The minimum absolute atomic E-state index is 0. The summed E-state index contributed by atoms with van der Waals surface area (Å²) in [6, 6.07) is 6.75. The van der Waals surface area contributed by atoms with E-state index in [2.05, 4.69) is 118 Å². The zero-order valence-corrected chi connectivity index (χ0v) is 68.7. The molecule has 42 heteroatoms. The zero-order valence-electron chi connectivity index (χ0n) is 59.0. The lowest BCUT2D eigenvalue weighted by atomic mass is 9.91. The van der Waals surface area contributed by atoms with Crippen molar-refractivity contribution in [1.29, 1.82) is 0 Å². The number of carboxylic acid groups (broad SMARTS) is 2. The van der Waals surface area contributed by atoms with Crippen LogP contribution in [0.2, 0.25) is 0 Å². The molecule has 7 N–H and O–H groups in total. The molecule has 0 bridgehead atoms. The highest BCUT2D eigenvalue weighted by Crippen LogP contribution is 2.46. The summed E-state index contributed by atoms with van der Waals surface area (Å²) in [5, 5.41) is 60.3. The third-order valence-corrected chi connectivity index (χ3v) is 23.1. The number of benzene rings is 1. The van der Waals surface area contributed by atoms with Gasteiger partial charge < -0.3 is 26.8 Å². The SMILES string of the molecule is Cc1nc(-c2cnn(C)c2C(=O)CO)sc1Br.Cc1nc(-c2cnn(C)c2C(=O)O)c(C)s1.Cc1nc(-c2cnn(C)c2C(=O)O)sc1C1CC1.Cl.Cl.Cn1ncc(-c2nc(C(F)F)cs2)c1C(=O)CC1CCn2nc(Br)nc2C1.NC1CCn2nc(-c3cccc(F)c3)nc2C1.NC1CCn2nc(Br)nc2C1. The van der Waals surface area contributed by atoms with Gasteiger partial charge in [0.15, 0.2) is 23.0 Å². The molecule has 30 nitrogen and oxygen atoms in total. The number of hydrogen-bond acceptors (Lipinski definition) is 25. The van der Waals surface area contributed by atoms with E-state index in [4.69, 9.17) is 21.7 Å². The van der Waals surface area contributed by atoms with Gasteiger partial charge in [-0.1, -0.05) is 12.1 Å². The minimum Gasteiger partial charge on any atom is -0.477 e. The fourth-order valence-electron chi connectivity index (χ4n) is 11.9. The molecule has 3 aliphatic heterocycles. The third kappa shape index (κ3) is 19.9. The smallest absolute Gasteiger partial charge is 0.354 e. The highest BCUT2D eigenvalue weighted by atomic mass is 79.9. The molecule has 0 spiro atoms. The predicted molar refractivity (Wildman–Crippen MR) is 415 cm³/mol. The van der Waals surface area contributed by atoms with Crippen molar-refractivity contribution in [3.63, 3.8) is 0 Å². The van der Waals surface area contributed by atoms with Crippen LogP contribution in [-0.2, 0) is 67.1 Å². The van der Waals surface area contributed by atoms with Crippen molar-refractivity contribution in [3.8, 4) is 54.4 Å². The number of thiazole rings is 4. The molecule has 108 heavy (non-hydrogen) atoms. The number of Topliss-reactive ketones (excluding diaryl/α,β-unsaturated/α-hetero) is 2. The summed E-state index contributed by atoms with van der Waals surface area (Å²) in [4.78, 5) is 79.3. The van der Waals surface area contributed by atoms with Gasteiger partial charge in [0.1, 0.15) is 62.0 Å². The Morgan fingerprint density at radius 2 is 1.09 bits per heavy atom. The molecule has 1 saturated carbocycles. The number of aromatic nitrogens is 21. The normalized spacial score (nSPS) is 15.3. The number of fused-ring (bicyclic) bond motifs is 3. The first-order valence-electron chi connectivity index (χ1n) is 32.9. The van der Waals surface area contributed by atoms with E-state index in [0.29, 0.717) is 90.5 Å². The second-order valence-electron chi connectivity index (χ2n) is 25.1. The van der Waals surface area contributed by atoms with Gasteiger partial charge in [0.25, 0.3) is 6.43 Å². The number of ketones is 2. The molecule has 0 amide bonds. The van der Waals surface area contributed by atoms with Gasteiger partial charge in [-0.15, -0.1) is 80.4 Å². The molecule has 1 aliphatic carbocycles. The number of aromatic carboxylic acids is 2. The summed E-state index contributed by atoms with van der Waals surface area (Å²) >= 11 is 15.6. The van der Waals surface area contributed by atoms with Crippen molar-refractivity contribution in [2.75, 3.05) is 6.61 Å². The number of alkyl halides is 2.